The summed E-state index contributed by atoms with van der Waals surface area (Å²) in [6, 6.07) is 2.80. The van der Waals surface area contributed by atoms with Crippen LogP contribution in [0.25, 0.3) is 0 Å². The summed E-state index contributed by atoms with van der Waals surface area (Å²) in [5.41, 5.74) is 0.878. The molecule has 19 heavy (non-hydrogen) atoms. The first-order valence-corrected chi connectivity index (χ1v) is 6.43. The molecule has 0 aliphatic carbocycles. The maximum Gasteiger partial charge on any atom is 0.321 e. The van der Waals surface area contributed by atoms with E-state index in [9.17, 15) is 9.59 Å². The van der Waals surface area contributed by atoms with Crippen molar-refractivity contribution in [1.29, 1.82) is 0 Å². The number of carbonyl (C=O) groups is 2. The van der Waals surface area contributed by atoms with Crippen LogP contribution >= 0.6 is 0 Å². The number of nitrogens with zero attached hydrogens (tertiary/aromatic N) is 1. The van der Waals surface area contributed by atoms with Gasteiger partial charge in [0, 0.05) is 12.7 Å². The Morgan fingerprint density at radius 3 is 3.11 bits per heavy atom. The molecule has 0 bridgehead atoms. The maximum absolute atomic E-state index is 11.8. The largest absolute Gasteiger partial charge is 0.354 e. The Morgan fingerprint density at radius 1 is 1.47 bits per heavy atom. The van der Waals surface area contributed by atoms with Crippen LogP contribution in [0.15, 0.2) is 18.3 Å². The molecule has 2 heterocycles. The number of carbonyl (C=O) groups excluding carboxylic acids is 2. The summed E-state index contributed by atoms with van der Waals surface area (Å²) in [5, 5.41) is 8.12. The molecule has 1 atom stereocenters. The molecule has 0 spiro atoms. The standard InChI is InChI=1S/C13H18N4O2/c1-9-5-4-8-14-11(9)17-13(19)16-10-6-2-3-7-15-12(10)18/h4-5,8,10H,2-3,6-7H2,1H3,(H,15,18)(H2,14,16,17,19)/t10-/m0/s1. The SMILES string of the molecule is Cc1cccnc1NC(=O)N[C@H]1CCCCNC1=O. The third-order valence-corrected chi connectivity index (χ3v) is 3.08. The number of pyridine rings is 1. The predicted molar refractivity (Wildman–Crippen MR) is 71.8 cm³/mol. The second kappa shape index (κ2) is 6.17. The van der Waals surface area contributed by atoms with Gasteiger partial charge in [0.05, 0.1) is 0 Å². The maximum atomic E-state index is 11.8. The lowest BCUT2D eigenvalue weighted by atomic mass is 10.1. The van der Waals surface area contributed by atoms with Crippen molar-refractivity contribution in [3.05, 3.63) is 23.9 Å². The molecule has 3 amide bonds. The smallest absolute Gasteiger partial charge is 0.321 e. The van der Waals surface area contributed by atoms with E-state index in [0.717, 1.165) is 18.4 Å². The minimum Gasteiger partial charge on any atom is -0.354 e. The van der Waals surface area contributed by atoms with Crippen molar-refractivity contribution in [2.24, 2.45) is 0 Å². The zero-order valence-electron chi connectivity index (χ0n) is 10.9. The molecule has 1 saturated heterocycles. The van der Waals surface area contributed by atoms with Gasteiger partial charge in [0.1, 0.15) is 11.9 Å². The number of nitrogens with one attached hydrogen (secondary N) is 3. The molecule has 0 saturated carbocycles. The summed E-state index contributed by atoms with van der Waals surface area (Å²) in [5.74, 6) is 0.388. The Bertz CT molecular complexity index is 475. The Balaban J connectivity index is 1.93. The quantitative estimate of drug-likeness (QED) is 0.748. The molecule has 1 aromatic rings. The van der Waals surface area contributed by atoms with E-state index in [0.29, 0.717) is 18.8 Å². The first-order chi connectivity index (χ1) is 9.16. The predicted octanol–water partition coefficient (Wildman–Crippen LogP) is 1.18. The number of rotatable bonds is 2. The van der Waals surface area contributed by atoms with Gasteiger partial charge >= 0.3 is 6.03 Å². The molecule has 1 aliphatic heterocycles. The van der Waals surface area contributed by atoms with Gasteiger partial charge in [-0.3, -0.25) is 10.1 Å². The molecular weight excluding hydrogens is 244 g/mol. The van der Waals surface area contributed by atoms with Crippen LogP contribution in [0.3, 0.4) is 0 Å². The van der Waals surface area contributed by atoms with Crippen molar-refractivity contribution >= 4 is 17.8 Å². The van der Waals surface area contributed by atoms with Gasteiger partial charge in [-0.1, -0.05) is 6.07 Å². The summed E-state index contributed by atoms with van der Waals surface area (Å²) in [6.45, 7) is 2.54. The van der Waals surface area contributed by atoms with Crippen molar-refractivity contribution in [3.8, 4) is 0 Å². The van der Waals surface area contributed by atoms with Gasteiger partial charge in [-0.15, -0.1) is 0 Å². The van der Waals surface area contributed by atoms with Gasteiger partial charge in [-0.25, -0.2) is 9.78 Å². The normalized spacial score (nSPS) is 19.2. The third kappa shape index (κ3) is 3.67. The van der Waals surface area contributed by atoms with Gasteiger partial charge in [0.2, 0.25) is 5.91 Å². The molecular formula is C13H18N4O2. The van der Waals surface area contributed by atoms with Gasteiger partial charge < -0.3 is 10.6 Å². The molecule has 0 radical (unpaired) electrons. The molecule has 0 unspecified atom stereocenters. The fourth-order valence-electron chi connectivity index (χ4n) is 2.00. The van der Waals surface area contributed by atoms with Gasteiger partial charge in [-0.2, -0.15) is 0 Å². The van der Waals surface area contributed by atoms with Crippen LogP contribution in [0.1, 0.15) is 24.8 Å². The number of urea groups is 1. The highest BCUT2D eigenvalue weighted by molar-refractivity contribution is 5.93. The summed E-state index contributed by atoms with van der Waals surface area (Å²) in [6.07, 6.45) is 4.15. The van der Waals surface area contributed by atoms with E-state index in [1.54, 1.807) is 12.3 Å². The first kappa shape index (κ1) is 13.3. The Kier molecular flexibility index (Phi) is 4.33. The number of hydrogen-bond donors (Lipinski definition) is 3. The van der Waals surface area contributed by atoms with Gasteiger partial charge in [0.25, 0.3) is 0 Å². The van der Waals surface area contributed by atoms with Crippen molar-refractivity contribution in [3.63, 3.8) is 0 Å². The molecule has 102 valence electrons. The highest BCUT2D eigenvalue weighted by Crippen LogP contribution is 2.10. The number of amides is 3. The van der Waals surface area contributed by atoms with Gasteiger partial charge in [0.15, 0.2) is 0 Å². The molecule has 1 aromatic heterocycles. The number of hydrogen-bond acceptors (Lipinski definition) is 3. The topological polar surface area (TPSA) is 83.1 Å². The first-order valence-electron chi connectivity index (χ1n) is 6.43. The zero-order valence-corrected chi connectivity index (χ0v) is 10.9. The second-order valence-corrected chi connectivity index (χ2v) is 4.61. The highest BCUT2D eigenvalue weighted by atomic mass is 16.2. The monoisotopic (exact) mass is 262 g/mol. The fraction of sp³-hybridized carbons (Fsp3) is 0.462. The highest BCUT2D eigenvalue weighted by Gasteiger charge is 2.22. The van der Waals surface area contributed by atoms with E-state index in [4.69, 9.17) is 0 Å². The number of anilines is 1. The zero-order chi connectivity index (χ0) is 13.7. The minimum atomic E-state index is -0.466. The van der Waals surface area contributed by atoms with Crippen LogP contribution in [0.2, 0.25) is 0 Å². The van der Waals surface area contributed by atoms with Crippen molar-refractivity contribution in [1.82, 2.24) is 15.6 Å². The van der Waals surface area contributed by atoms with E-state index < -0.39 is 12.1 Å². The van der Waals surface area contributed by atoms with Crippen LogP contribution in [-0.2, 0) is 4.79 Å². The Labute approximate surface area is 112 Å². The third-order valence-electron chi connectivity index (χ3n) is 3.08. The van der Waals surface area contributed by atoms with Crippen LogP contribution < -0.4 is 16.0 Å². The van der Waals surface area contributed by atoms with E-state index in [2.05, 4.69) is 20.9 Å². The van der Waals surface area contributed by atoms with Crippen LogP contribution in [0.5, 0.6) is 0 Å². The summed E-state index contributed by atoms with van der Waals surface area (Å²) in [7, 11) is 0. The molecule has 1 fully saturated rings. The van der Waals surface area contributed by atoms with Gasteiger partial charge in [-0.05, 0) is 37.8 Å². The summed E-state index contributed by atoms with van der Waals surface area (Å²) >= 11 is 0. The van der Waals surface area contributed by atoms with Crippen molar-refractivity contribution in [2.75, 3.05) is 11.9 Å². The molecule has 1 aliphatic rings. The Morgan fingerprint density at radius 2 is 2.32 bits per heavy atom. The summed E-state index contributed by atoms with van der Waals surface area (Å²) < 4.78 is 0. The lowest BCUT2D eigenvalue weighted by molar-refractivity contribution is -0.122. The van der Waals surface area contributed by atoms with Crippen LogP contribution in [-0.4, -0.2) is 29.5 Å². The summed E-state index contributed by atoms with van der Waals surface area (Å²) in [4.78, 5) is 27.6. The lowest BCUT2D eigenvalue weighted by Gasteiger charge is -2.16. The van der Waals surface area contributed by atoms with E-state index in [1.165, 1.54) is 0 Å². The fourth-order valence-corrected chi connectivity index (χ4v) is 2.00. The number of aromatic nitrogens is 1. The van der Waals surface area contributed by atoms with Crippen LogP contribution in [0.4, 0.5) is 10.6 Å². The Hall–Kier alpha value is -2.11. The average Bonchev–Trinajstić information content (AvgIpc) is 2.58. The average molecular weight is 262 g/mol. The molecule has 6 nitrogen and oxygen atoms in total. The van der Waals surface area contributed by atoms with Crippen LogP contribution in [0, 0.1) is 6.92 Å². The molecule has 6 heteroatoms. The van der Waals surface area contributed by atoms with Crippen molar-refractivity contribution in [2.45, 2.75) is 32.2 Å². The lowest BCUT2D eigenvalue weighted by Crippen LogP contribution is -2.47. The second-order valence-electron chi connectivity index (χ2n) is 4.61. The molecule has 3 N–H and O–H groups in total. The van der Waals surface area contributed by atoms with E-state index in [-0.39, 0.29) is 5.91 Å². The van der Waals surface area contributed by atoms with E-state index >= 15 is 0 Å². The number of aryl methyl sites for hydroxylation is 1. The molecule has 2 rings (SSSR count). The molecule has 0 aromatic carbocycles. The minimum absolute atomic E-state index is 0.120. The van der Waals surface area contributed by atoms with Crippen molar-refractivity contribution < 1.29 is 9.59 Å². The van der Waals surface area contributed by atoms with E-state index in [1.807, 2.05) is 13.0 Å².